The molecule has 0 aromatic heterocycles. The highest BCUT2D eigenvalue weighted by Crippen LogP contribution is 2.29. The van der Waals surface area contributed by atoms with Gasteiger partial charge in [-0.2, -0.15) is 0 Å². The molecule has 4 N–H and O–H groups in total. The van der Waals surface area contributed by atoms with Gasteiger partial charge in [0.15, 0.2) is 0 Å². The zero-order valence-corrected chi connectivity index (χ0v) is 17.8. The van der Waals surface area contributed by atoms with Crippen molar-refractivity contribution in [2.24, 2.45) is 5.92 Å². The summed E-state index contributed by atoms with van der Waals surface area (Å²) in [5, 5.41) is 20.2. The van der Waals surface area contributed by atoms with E-state index in [1.807, 2.05) is 0 Å². The smallest absolute Gasteiger partial charge is 0.412 e. The van der Waals surface area contributed by atoms with Crippen molar-refractivity contribution in [2.75, 3.05) is 18.5 Å². The molecule has 0 spiro atoms. The Balaban J connectivity index is 2.17. The maximum atomic E-state index is 12.4. The number of aliphatic hydroxyl groups excluding tert-OH is 1. The number of anilines is 1. The third kappa shape index (κ3) is 7.51. The molecule has 2 atom stereocenters. The molecule has 8 nitrogen and oxygen atoms in total. The number of halogens is 1. The fourth-order valence-electron chi connectivity index (χ4n) is 2.57. The van der Waals surface area contributed by atoms with Gasteiger partial charge in [0.2, 0.25) is 0 Å². The Kier molecular flexibility index (Phi) is 9.33. The van der Waals surface area contributed by atoms with Crippen LogP contribution < -0.4 is 15.5 Å². The van der Waals surface area contributed by atoms with Crippen molar-refractivity contribution < 1.29 is 29.4 Å². The van der Waals surface area contributed by atoms with Crippen LogP contribution in [-0.2, 0) is 9.53 Å². The van der Waals surface area contributed by atoms with Crippen LogP contribution in [0, 0.1) is 5.92 Å². The molecular formula is C21H23BrN2O6. The second-order valence-electron chi connectivity index (χ2n) is 6.29. The van der Waals surface area contributed by atoms with E-state index in [0.29, 0.717) is 17.0 Å². The van der Waals surface area contributed by atoms with Crippen LogP contribution in [0.2, 0.25) is 0 Å². The Hall–Kier alpha value is -2.88. The number of benzene rings is 2. The maximum absolute atomic E-state index is 12.4. The molecule has 0 saturated carbocycles. The van der Waals surface area contributed by atoms with Gasteiger partial charge in [-0.3, -0.25) is 15.3 Å². The second kappa shape index (κ2) is 12.0. The Morgan fingerprint density at radius 2 is 1.80 bits per heavy atom. The summed E-state index contributed by atoms with van der Waals surface area (Å²) in [5.41, 5.74) is 2.76. The minimum atomic E-state index is -0.713. The van der Waals surface area contributed by atoms with Crippen LogP contribution in [0.1, 0.15) is 18.6 Å². The fraction of sp³-hybridized carbons (Fsp3) is 0.238. The molecule has 2 aromatic rings. The number of nitrogens with one attached hydrogen (secondary N) is 2. The van der Waals surface area contributed by atoms with Crippen molar-refractivity contribution in [3.05, 3.63) is 70.7 Å². The number of hydrogen-bond donors (Lipinski definition) is 4. The van der Waals surface area contributed by atoms with E-state index in [1.54, 1.807) is 55.5 Å². The van der Waals surface area contributed by atoms with Crippen LogP contribution in [0.3, 0.4) is 0 Å². The van der Waals surface area contributed by atoms with Crippen molar-refractivity contribution >= 4 is 33.6 Å². The molecule has 0 bridgehead atoms. The molecule has 160 valence electrons. The van der Waals surface area contributed by atoms with Crippen LogP contribution in [0.4, 0.5) is 10.5 Å². The third-order valence-corrected chi connectivity index (χ3v) is 4.56. The van der Waals surface area contributed by atoms with Crippen LogP contribution in [0.25, 0.3) is 0 Å². The van der Waals surface area contributed by atoms with Crippen LogP contribution in [-0.4, -0.2) is 35.5 Å². The number of carbonyl (C=O) groups excluding carboxylic acids is 2. The summed E-state index contributed by atoms with van der Waals surface area (Å²) < 4.78 is 11.9. The minimum Gasteiger partial charge on any atom is -0.491 e. The van der Waals surface area contributed by atoms with E-state index < -0.39 is 18.1 Å². The van der Waals surface area contributed by atoms with Gasteiger partial charge in [0.05, 0.1) is 6.61 Å². The van der Waals surface area contributed by atoms with Gasteiger partial charge in [-0.1, -0.05) is 41.1 Å². The fourth-order valence-corrected chi connectivity index (χ4v) is 2.83. The van der Waals surface area contributed by atoms with Gasteiger partial charge in [0, 0.05) is 22.2 Å². The van der Waals surface area contributed by atoms with Gasteiger partial charge in [-0.25, -0.2) is 10.3 Å². The molecule has 2 aromatic carbocycles. The van der Waals surface area contributed by atoms with Crippen molar-refractivity contribution in [2.45, 2.75) is 13.0 Å². The molecule has 2 rings (SSSR count). The summed E-state index contributed by atoms with van der Waals surface area (Å²) in [6.45, 7) is 1.84. The van der Waals surface area contributed by atoms with Gasteiger partial charge in [-0.15, -0.1) is 0 Å². The quantitative estimate of drug-likeness (QED) is 0.247. The molecule has 0 saturated heterocycles. The van der Waals surface area contributed by atoms with E-state index in [9.17, 15) is 9.59 Å². The summed E-state index contributed by atoms with van der Waals surface area (Å²) in [5.74, 6) is -0.511. The van der Waals surface area contributed by atoms with Gasteiger partial charge in [0.1, 0.15) is 18.5 Å². The molecule has 0 heterocycles. The molecule has 0 aliphatic heterocycles. The average molecular weight is 479 g/mol. The predicted octanol–water partition coefficient (Wildman–Crippen LogP) is 3.81. The second-order valence-corrected chi connectivity index (χ2v) is 7.21. The number of rotatable bonds is 9. The molecule has 30 heavy (non-hydrogen) atoms. The molecule has 2 amide bonds. The molecule has 0 fully saturated rings. The van der Waals surface area contributed by atoms with E-state index in [0.717, 1.165) is 10.5 Å². The number of aliphatic hydroxyl groups is 1. The SMILES string of the molecule is C[C@H](/C=C/C(=O)NO)[C@@H](OC(=O)Nc1ccc(Br)cc1)c1ccc(OCCO)cc1. The first-order valence-corrected chi connectivity index (χ1v) is 9.91. The molecule has 0 radical (unpaired) electrons. The highest BCUT2D eigenvalue weighted by molar-refractivity contribution is 9.10. The highest BCUT2D eigenvalue weighted by atomic mass is 79.9. The maximum Gasteiger partial charge on any atom is 0.412 e. The number of ether oxygens (including phenoxy) is 2. The third-order valence-electron chi connectivity index (χ3n) is 4.03. The first kappa shape index (κ1) is 23.4. The van der Waals surface area contributed by atoms with E-state index in [1.165, 1.54) is 11.6 Å². The Bertz CT molecular complexity index is 855. The van der Waals surface area contributed by atoms with E-state index in [4.69, 9.17) is 19.8 Å². The summed E-state index contributed by atoms with van der Waals surface area (Å²) >= 11 is 3.33. The van der Waals surface area contributed by atoms with Crippen LogP contribution in [0.5, 0.6) is 5.75 Å². The lowest BCUT2D eigenvalue weighted by molar-refractivity contribution is -0.124. The van der Waals surface area contributed by atoms with Gasteiger partial charge < -0.3 is 14.6 Å². The lowest BCUT2D eigenvalue weighted by Crippen LogP contribution is -2.22. The molecule has 0 aliphatic carbocycles. The molecular weight excluding hydrogens is 456 g/mol. The van der Waals surface area contributed by atoms with Crippen LogP contribution >= 0.6 is 15.9 Å². The first-order chi connectivity index (χ1) is 14.4. The van der Waals surface area contributed by atoms with E-state index in [-0.39, 0.29) is 19.1 Å². The summed E-state index contributed by atoms with van der Waals surface area (Å²) in [4.78, 5) is 23.7. The largest absolute Gasteiger partial charge is 0.491 e. The molecule has 0 unspecified atom stereocenters. The normalized spacial score (nSPS) is 12.8. The standard InChI is InChI=1S/C21H23BrN2O6/c1-14(2-11-19(26)24-28)20(15-3-9-18(10-4-15)29-13-12-25)30-21(27)23-17-7-5-16(22)6-8-17/h2-11,14,20,25,28H,12-13H2,1H3,(H,23,27)(H,24,26)/b11-2+/t14-,20-/m1/s1. The monoisotopic (exact) mass is 478 g/mol. The summed E-state index contributed by atoms with van der Waals surface area (Å²) in [6, 6.07) is 13.9. The lowest BCUT2D eigenvalue weighted by atomic mass is 9.96. The number of hydrogen-bond acceptors (Lipinski definition) is 6. The van der Waals surface area contributed by atoms with Crippen molar-refractivity contribution in [1.82, 2.24) is 5.48 Å². The van der Waals surface area contributed by atoms with E-state index >= 15 is 0 Å². The number of hydroxylamine groups is 1. The van der Waals surface area contributed by atoms with Crippen molar-refractivity contribution in [3.8, 4) is 5.75 Å². The van der Waals surface area contributed by atoms with Crippen molar-refractivity contribution in [3.63, 3.8) is 0 Å². The summed E-state index contributed by atoms with van der Waals surface area (Å²) in [6.07, 6.45) is 1.32. The Labute approximate surface area is 182 Å². The minimum absolute atomic E-state index is 0.0987. The van der Waals surface area contributed by atoms with Gasteiger partial charge in [0.25, 0.3) is 5.91 Å². The topological polar surface area (TPSA) is 117 Å². The van der Waals surface area contributed by atoms with E-state index in [2.05, 4.69) is 21.2 Å². The highest BCUT2D eigenvalue weighted by Gasteiger charge is 2.22. The summed E-state index contributed by atoms with van der Waals surface area (Å²) in [7, 11) is 0. The Morgan fingerprint density at radius 3 is 2.40 bits per heavy atom. The zero-order chi connectivity index (χ0) is 21.9. The number of carbonyl (C=O) groups is 2. The Morgan fingerprint density at radius 1 is 1.13 bits per heavy atom. The molecule has 0 aliphatic rings. The zero-order valence-electron chi connectivity index (χ0n) is 16.2. The van der Waals surface area contributed by atoms with Crippen LogP contribution in [0.15, 0.2) is 65.2 Å². The lowest BCUT2D eigenvalue weighted by Gasteiger charge is -2.23. The number of amides is 2. The molecule has 9 heteroatoms. The predicted molar refractivity (Wildman–Crippen MR) is 114 cm³/mol. The van der Waals surface area contributed by atoms with Gasteiger partial charge >= 0.3 is 6.09 Å². The first-order valence-electron chi connectivity index (χ1n) is 9.12. The average Bonchev–Trinajstić information content (AvgIpc) is 2.76. The van der Waals surface area contributed by atoms with Crippen molar-refractivity contribution in [1.29, 1.82) is 0 Å². The van der Waals surface area contributed by atoms with Gasteiger partial charge in [-0.05, 0) is 42.0 Å².